The standard InChI is InChI=1S/C28H46ClNO3Si/c1-25(2,3)14-13-18-11-12-20(17-22(18)29)28(9,30)23(24(31)32-10)19-15-21(16-19)27(7,8)33-34-26(4,5)6/h11-12,17,19,21,23H,13-16,30H2,1-10H3. The molecule has 2 N–H and O–H groups in total. The third-order valence-electron chi connectivity index (χ3n) is 7.17. The summed E-state index contributed by atoms with van der Waals surface area (Å²) in [5, 5.41) is 0.856. The number of nitrogens with two attached hydrogens (primary N) is 1. The van der Waals surface area contributed by atoms with E-state index in [4.69, 9.17) is 26.5 Å². The van der Waals surface area contributed by atoms with Crippen LogP contribution in [0.1, 0.15) is 92.7 Å². The van der Waals surface area contributed by atoms with Crippen LogP contribution in [0.15, 0.2) is 18.2 Å². The average Bonchev–Trinajstić information content (AvgIpc) is 2.65. The second-order valence-corrected chi connectivity index (χ2v) is 15.5. The van der Waals surface area contributed by atoms with E-state index in [1.165, 1.54) is 7.11 Å². The highest BCUT2D eigenvalue weighted by Crippen LogP contribution is 2.50. The summed E-state index contributed by atoms with van der Waals surface area (Å²) in [5.41, 5.74) is 8.04. The number of hydrogen-bond donors (Lipinski definition) is 1. The van der Waals surface area contributed by atoms with Crippen molar-refractivity contribution < 1.29 is 14.0 Å². The third-order valence-corrected chi connectivity index (χ3v) is 8.76. The van der Waals surface area contributed by atoms with E-state index in [2.05, 4.69) is 61.5 Å². The zero-order chi connectivity index (χ0) is 26.1. The normalized spacial score (nSPS) is 22.0. The Bertz CT molecular complexity index is 848. The minimum Gasteiger partial charge on any atom is -0.469 e. The summed E-state index contributed by atoms with van der Waals surface area (Å²) in [5.74, 6) is -0.158. The lowest BCUT2D eigenvalue weighted by Gasteiger charge is -2.50. The quantitative estimate of drug-likeness (QED) is 0.290. The molecule has 6 heteroatoms. The second-order valence-electron chi connectivity index (χ2n) is 13.1. The number of carbonyl (C=O) groups is 1. The van der Waals surface area contributed by atoms with Gasteiger partial charge in [0.25, 0.3) is 0 Å². The van der Waals surface area contributed by atoms with Gasteiger partial charge >= 0.3 is 5.97 Å². The summed E-state index contributed by atoms with van der Waals surface area (Å²) in [6.07, 6.45) is 3.75. The fourth-order valence-corrected chi connectivity index (χ4v) is 5.71. The van der Waals surface area contributed by atoms with E-state index in [0.29, 0.717) is 20.7 Å². The molecule has 1 fully saturated rings. The van der Waals surface area contributed by atoms with Gasteiger partial charge in [0.15, 0.2) is 0 Å². The van der Waals surface area contributed by atoms with Gasteiger partial charge in [-0.3, -0.25) is 4.79 Å². The molecule has 1 aromatic carbocycles. The largest absolute Gasteiger partial charge is 0.469 e. The molecule has 34 heavy (non-hydrogen) atoms. The van der Waals surface area contributed by atoms with Crippen LogP contribution in [-0.2, 0) is 25.9 Å². The van der Waals surface area contributed by atoms with Crippen LogP contribution in [0.3, 0.4) is 0 Å². The molecule has 0 heterocycles. The van der Waals surface area contributed by atoms with Crippen molar-refractivity contribution in [3.63, 3.8) is 0 Å². The van der Waals surface area contributed by atoms with Crippen LogP contribution in [0.2, 0.25) is 10.1 Å². The Hall–Kier alpha value is -0.883. The van der Waals surface area contributed by atoms with Crippen molar-refractivity contribution in [2.75, 3.05) is 7.11 Å². The van der Waals surface area contributed by atoms with E-state index in [9.17, 15) is 4.79 Å². The molecule has 0 bridgehead atoms. The van der Waals surface area contributed by atoms with Gasteiger partial charge in [0, 0.05) is 5.02 Å². The van der Waals surface area contributed by atoms with Crippen molar-refractivity contribution in [2.24, 2.45) is 28.9 Å². The van der Waals surface area contributed by atoms with Crippen LogP contribution in [-0.4, -0.2) is 28.4 Å². The molecule has 0 amide bonds. The fourth-order valence-electron chi connectivity index (χ4n) is 4.70. The summed E-state index contributed by atoms with van der Waals surface area (Å²) in [6.45, 7) is 19.5. The Balaban J connectivity index is 2.19. The molecule has 2 radical (unpaired) electrons. The molecule has 1 aliphatic carbocycles. The monoisotopic (exact) mass is 507 g/mol. The first-order valence-electron chi connectivity index (χ1n) is 12.5. The molecule has 4 nitrogen and oxygen atoms in total. The van der Waals surface area contributed by atoms with Gasteiger partial charge in [-0.05, 0) is 85.9 Å². The Morgan fingerprint density at radius 1 is 1.12 bits per heavy atom. The van der Waals surface area contributed by atoms with Crippen molar-refractivity contribution in [3.05, 3.63) is 34.3 Å². The summed E-state index contributed by atoms with van der Waals surface area (Å²) >= 11 is 6.68. The Kier molecular flexibility index (Phi) is 9.17. The lowest BCUT2D eigenvalue weighted by atomic mass is 9.58. The molecule has 2 atom stereocenters. The maximum absolute atomic E-state index is 13.0. The summed E-state index contributed by atoms with van der Waals surface area (Å²) in [6, 6.07) is 6.05. The summed E-state index contributed by atoms with van der Waals surface area (Å²) in [7, 11) is 1.88. The number of methoxy groups -OCH3 is 1. The van der Waals surface area contributed by atoms with Gasteiger partial charge in [0.1, 0.15) is 0 Å². The summed E-state index contributed by atoms with van der Waals surface area (Å²) in [4.78, 5) is 13.0. The molecular weight excluding hydrogens is 462 g/mol. The van der Waals surface area contributed by atoms with Crippen LogP contribution in [0.5, 0.6) is 0 Å². The third kappa shape index (κ3) is 7.56. The number of ether oxygens (including phenoxy) is 1. The molecule has 0 aromatic heterocycles. The van der Waals surface area contributed by atoms with Gasteiger partial charge in [0.05, 0.1) is 24.2 Å². The van der Waals surface area contributed by atoms with Gasteiger partial charge in [-0.2, -0.15) is 0 Å². The van der Waals surface area contributed by atoms with Crippen molar-refractivity contribution in [2.45, 2.75) is 104 Å². The summed E-state index contributed by atoms with van der Waals surface area (Å²) < 4.78 is 11.6. The molecule has 1 aliphatic rings. The van der Waals surface area contributed by atoms with Crippen LogP contribution in [0, 0.1) is 23.2 Å². The van der Waals surface area contributed by atoms with Gasteiger partial charge in [0.2, 0.25) is 9.76 Å². The Labute approximate surface area is 215 Å². The number of halogens is 1. The first-order chi connectivity index (χ1) is 15.4. The zero-order valence-corrected chi connectivity index (χ0v) is 24.7. The molecule has 192 valence electrons. The molecule has 0 saturated heterocycles. The molecule has 0 spiro atoms. The van der Waals surface area contributed by atoms with Crippen LogP contribution in [0.4, 0.5) is 0 Å². The molecule has 0 aliphatic heterocycles. The van der Waals surface area contributed by atoms with Crippen molar-refractivity contribution in [1.29, 1.82) is 0 Å². The van der Waals surface area contributed by atoms with Crippen molar-refractivity contribution >= 4 is 27.3 Å². The number of carbonyl (C=O) groups excluding carboxylic acids is 1. The molecule has 2 unspecified atom stereocenters. The molecule has 1 saturated carbocycles. The maximum atomic E-state index is 13.0. The van der Waals surface area contributed by atoms with E-state index in [0.717, 1.165) is 36.8 Å². The highest BCUT2D eigenvalue weighted by molar-refractivity contribution is 6.32. The zero-order valence-electron chi connectivity index (χ0n) is 23.0. The van der Waals surface area contributed by atoms with Crippen LogP contribution >= 0.6 is 11.6 Å². The Morgan fingerprint density at radius 3 is 2.18 bits per heavy atom. The van der Waals surface area contributed by atoms with E-state index in [1.807, 2.05) is 19.1 Å². The first-order valence-corrected chi connectivity index (χ1v) is 13.8. The highest BCUT2D eigenvalue weighted by Gasteiger charge is 2.51. The molecule has 2 rings (SSSR count). The Morgan fingerprint density at radius 2 is 1.71 bits per heavy atom. The van der Waals surface area contributed by atoms with Crippen LogP contribution < -0.4 is 5.73 Å². The molecular formula is C28H46ClNO3Si. The average molecular weight is 508 g/mol. The lowest BCUT2D eigenvalue weighted by Crippen LogP contribution is -2.55. The number of hydrogen-bond acceptors (Lipinski definition) is 4. The van der Waals surface area contributed by atoms with Crippen molar-refractivity contribution in [3.8, 4) is 0 Å². The van der Waals surface area contributed by atoms with E-state index >= 15 is 0 Å². The van der Waals surface area contributed by atoms with Gasteiger partial charge in [-0.1, -0.05) is 65.3 Å². The van der Waals surface area contributed by atoms with Gasteiger partial charge in [-0.15, -0.1) is 0 Å². The highest BCUT2D eigenvalue weighted by atomic mass is 35.5. The number of rotatable bonds is 9. The smallest absolute Gasteiger partial charge is 0.311 e. The minimum absolute atomic E-state index is 0.142. The van der Waals surface area contributed by atoms with Crippen LogP contribution in [0.25, 0.3) is 0 Å². The second kappa shape index (κ2) is 10.6. The minimum atomic E-state index is -0.882. The predicted molar refractivity (Wildman–Crippen MR) is 143 cm³/mol. The van der Waals surface area contributed by atoms with E-state index in [-0.39, 0.29) is 27.9 Å². The van der Waals surface area contributed by atoms with Gasteiger partial charge < -0.3 is 14.9 Å². The number of aryl methyl sites for hydroxylation is 1. The van der Waals surface area contributed by atoms with E-state index in [1.54, 1.807) is 0 Å². The SMILES string of the molecule is COC(=O)C(C1CC(C(C)(C)O[Si]C(C)(C)C)C1)C(C)(N)c1ccc(CCC(C)(C)C)c(Cl)c1. The molecule has 1 aromatic rings. The topological polar surface area (TPSA) is 61.5 Å². The predicted octanol–water partition coefficient (Wildman–Crippen LogP) is 6.94. The number of esters is 1. The van der Waals surface area contributed by atoms with Gasteiger partial charge in [-0.25, -0.2) is 0 Å². The first kappa shape index (κ1) is 29.3. The number of benzene rings is 1. The fraction of sp³-hybridized carbons (Fsp3) is 0.750. The maximum Gasteiger partial charge on any atom is 0.311 e. The van der Waals surface area contributed by atoms with Crippen molar-refractivity contribution in [1.82, 2.24) is 0 Å². The lowest BCUT2D eigenvalue weighted by molar-refractivity contribution is -0.155. The van der Waals surface area contributed by atoms with E-state index < -0.39 is 11.5 Å².